The van der Waals surface area contributed by atoms with Gasteiger partial charge in [0.2, 0.25) is 0 Å². The Morgan fingerprint density at radius 3 is 2.72 bits per heavy atom. The monoisotopic (exact) mass is 260 g/mol. The van der Waals surface area contributed by atoms with Gasteiger partial charge in [-0.2, -0.15) is 0 Å². The van der Waals surface area contributed by atoms with Crippen molar-refractivity contribution in [2.75, 3.05) is 6.61 Å². The molecule has 3 N–H and O–H groups in total. The summed E-state index contributed by atoms with van der Waals surface area (Å²) in [6.45, 7) is 1.67. The number of esters is 1. The van der Waals surface area contributed by atoms with E-state index < -0.39 is 23.5 Å². The van der Waals surface area contributed by atoms with Crippen LogP contribution in [0.4, 0.5) is 8.78 Å². The fraction of sp³-hybridized carbons (Fsp3) is 0.455. The number of pyridine rings is 1. The number of aromatic nitrogens is 1. The number of carbonyl (C=O) groups is 1. The SMILES string of the molecule is CCOC(=O)Cc1[nH]c(C(F)F)cc(=O)c1CN. The first kappa shape index (κ1) is 14.3. The number of hydrogen-bond donors (Lipinski definition) is 2. The lowest BCUT2D eigenvalue weighted by atomic mass is 10.1. The second-order valence-corrected chi connectivity index (χ2v) is 3.53. The molecule has 0 saturated heterocycles. The van der Waals surface area contributed by atoms with Gasteiger partial charge in [-0.3, -0.25) is 9.59 Å². The number of alkyl halides is 2. The van der Waals surface area contributed by atoms with Crippen molar-refractivity contribution < 1.29 is 18.3 Å². The van der Waals surface area contributed by atoms with Gasteiger partial charge < -0.3 is 15.5 Å². The maximum Gasteiger partial charge on any atom is 0.311 e. The van der Waals surface area contributed by atoms with Gasteiger partial charge in [-0.1, -0.05) is 0 Å². The van der Waals surface area contributed by atoms with Crippen molar-refractivity contribution in [2.45, 2.75) is 26.3 Å². The summed E-state index contributed by atoms with van der Waals surface area (Å²) in [6.07, 6.45) is -3.10. The minimum Gasteiger partial charge on any atom is -0.466 e. The fourth-order valence-electron chi connectivity index (χ4n) is 1.51. The third kappa shape index (κ3) is 3.36. The molecule has 0 saturated carbocycles. The van der Waals surface area contributed by atoms with Crippen LogP contribution in [0.5, 0.6) is 0 Å². The number of halogens is 2. The summed E-state index contributed by atoms with van der Waals surface area (Å²) in [5, 5.41) is 0. The molecule has 0 aliphatic rings. The molecule has 0 fully saturated rings. The number of ether oxygens (including phenoxy) is 1. The maximum absolute atomic E-state index is 12.5. The van der Waals surface area contributed by atoms with Crippen LogP contribution in [0, 0.1) is 0 Å². The molecule has 0 amide bonds. The van der Waals surface area contributed by atoms with E-state index in [1.807, 2.05) is 0 Å². The Bertz CT molecular complexity index is 486. The number of nitrogens with two attached hydrogens (primary N) is 1. The number of nitrogens with one attached hydrogen (secondary N) is 1. The van der Waals surface area contributed by atoms with Crippen LogP contribution >= 0.6 is 0 Å². The average Bonchev–Trinajstić information content (AvgIpc) is 2.28. The number of hydrogen-bond acceptors (Lipinski definition) is 4. The Morgan fingerprint density at radius 1 is 1.56 bits per heavy atom. The van der Waals surface area contributed by atoms with Gasteiger partial charge in [-0.15, -0.1) is 0 Å². The smallest absolute Gasteiger partial charge is 0.311 e. The van der Waals surface area contributed by atoms with Crippen LogP contribution in [0.15, 0.2) is 10.9 Å². The molecule has 1 aromatic heterocycles. The van der Waals surface area contributed by atoms with Crippen molar-refractivity contribution in [3.05, 3.63) is 33.2 Å². The molecule has 0 aliphatic carbocycles. The molecule has 18 heavy (non-hydrogen) atoms. The summed E-state index contributed by atoms with van der Waals surface area (Å²) in [5.74, 6) is -0.603. The Morgan fingerprint density at radius 2 is 2.22 bits per heavy atom. The first-order chi connectivity index (χ1) is 8.49. The molecule has 1 rings (SSSR count). The molecule has 0 spiro atoms. The van der Waals surface area contributed by atoms with Crippen molar-refractivity contribution in [1.82, 2.24) is 4.98 Å². The highest BCUT2D eigenvalue weighted by atomic mass is 19.3. The minimum atomic E-state index is -2.81. The molecule has 5 nitrogen and oxygen atoms in total. The molecule has 1 aromatic rings. The first-order valence-electron chi connectivity index (χ1n) is 5.38. The Balaban J connectivity index is 3.14. The summed E-state index contributed by atoms with van der Waals surface area (Å²) in [4.78, 5) is 25.2. The van der Waals surface area contributed by atoms with Crippen molar-refractivity contribution in [2.24, 2.45) is 5.73 Å². The molecule has 0 unspecified atom stereocenters. The molecule has 7 heteroatoms. The topological polar surface area (TPSA) is 85.2 Å². The lowest BCUT2D eigenvalue weighted by Crippen LogP contribution is -2.21. The Kier molecular flexibility index (Phi) is 4.96. The second kappa shape index (κ2) is 6.25. The van der Waals surface area contributed by atoms with E-state index in [-0.39, 0.29) is 30.8 Å². The lowest BCUT2D eigenvalue weighted by Gasteiger charge is -2.09. The molecule has 0 aromatic carbocycles. The molecule has 1 heterocycles. The zero-order valence-electron chi connectivity index (χ0n) is 9.83. The highest BCUT2D eigenvalue weighted by Gasteiger charge is 2.16. The number of carbonyl (C=O) groups excluding carboxylic acids is 1. The standard InChI is InChI=1S/C11H14F2N2O3/c1-2-18-10(17)4-7-6(5-14)9(16)3-8(15-7)11(12)13/h3,11H,2,4-5,14H2,1H3,(H,15,16). The molecule has 0 radical (unpaired) electrons. The van der Waals surface area contributed by atoms with Crippen LogP contribution in [-0.4, -0.2) is 17.6 Å². The summed E-state index contributed by atoms with van der Waals surface area (Å²) in [5.41, 5.74) is 4.43. The van der Waals surface area contributed by atoms with Crippen molar-refractivity contribution in [1.29, 1.82) is 0 Å². The highest BCUT2D eigenvalue weighted by molar-refractivity contribution is 5.72. The van der Waals surface area contributed by atoms with E-state index in [0.29, 0.717) is 0 Å². The number of aromatic amines is 1. The third-order valence-electron chi connectivity index (χ3n) is 2.31. The first-order valence-corrected chi connectivity index (χ1v) is 5.38. The van der Waals surface area contributed by atoms with E-state index in [9.17, 15) is 18.4 Å². The van der Waals surface area contributed by atoms with Crippen LogP contribution < -0.4 is 11.2 Å². The van der Waals surface area contributed by atoms with Crippen molar-refractivity contribution >= 4 is 5.97 Å². The molecule has 100 valence electrons. The normalized spacial score (nSPS) is 10.7. The van der Waals surface area contributed by atoms with Gasteiger partial charge in [0, 0.05) is 23.9 Å². The highest BCUT2D eigenvalue weighted by Crippen LogP contribution is 2.16. The van der Waals surface area contributed by atoms with E-state index in [1.165, 1.54) is 0 Å². The molecule has 0 aliphatic heterocycles. The van der Waals surface area contributed by atoms with Gasteiger partial charge in [-0.25, -0.2) is 8.78 Å². The molecule has 0 atom stereocenters. The summed E-state index contributed by atoms with van der Waals surface area (Å²) >= 11 is 0. The summed E-state index contributed by atoms with van der Waals surface area (Å²) in [7, 11) is 0. The van der Waals surface area contributed by atoms with Gasteiger partial charge >= 0.3 is 5.97 Å². The van der Waals surface area contributed by atoms with Gasteiger partial charge in [0.05, 0.1) is 18.7 Å². The van der Waals surface area contributed by atoms with Crippen molar-refractivity contribution in [3.8, 4) is 0 Å². The Hall–Kier alpha value is -1.76. The molecular formula is C11H14F2N2O3. The summed E-state index contributed by atoms with van der Waals surface area (Å²) < 4.78 is 29.8. The third-order valence-corrected chi connectivity index (χ3v) is 2.31. The second-order valence-electron chi connectivity index (χ2n) is 3.53. The van der Waals surface area contributed by atoms with Gasteiger partial charge in [0.25, 0.3) is 6.43 Å². The maximum atomic E-state index is 12.5. The summed E-state index contributed by atoms with van der Waals surface area (Å²) in [6, 6.07) is 0.793. The predicted molar refractivity (Wildman–Crippen MR) is 60.2 cm³/mol. The fourth-order valence-corrected chi connectivity index (χ4v) is 1.51. The zero-order chi connectivity index (χ0) is 13.7. The largest absolute Gasteiger partial charge is 0.466 e. The minimum absolute atomic E-state index is 0.0822. The van der Waals surface area contributed by atoms with E-state index in [4.69, 9.17) is 10.5 Å². The molecular weight excluding hydrogens is 246 g/mol. The van der Waals surface area contributed by atoms with E-state index >= 15 is 0 Å². The van der Waals surface area contributed by atoms with Gasteiger partial charge in [0.15, 0.2) is 5.43 Å². The van der Waals surface area contributed by atoms with E-state index in [1.54, 1.807) is 6.92 Å². The van der Waals surface area contributed by atoms with Crippen LogP contribution in [0.25, 0.3) is 0 Å². The van der Waals surface area contributed by atoms with Crippen LogP contribution in [0.2, 0.25) is 0 Å². The number of H-pyrrole nitrogens is 1. The van der Waals surface area contributed by atoms with Crippen LogP contribution in [0.1, 0.15) is 30.3 Å². The zero-order valence-corrected chi connectivity index (χ0v) is 9.83. The predicted octanol–water partition coefficient (Wildman–Crippen LogP) is 0.877. The average molecular weight is 260 g/mol. The van der Waals surface area contributed by atoms with E-state index in [0.717, 1.165) is 6.07 Å². The van der Waals surface area contributed by atoms with Gasteiger partial charge in [-0.05, 0) is 6.92 Å². The van der Waals surface area contributed by atoms with Gasteiger partial charge in [0.1, 0.15) is 0 Å². The van der Waals surface area contributed by atoms with E-state index in [2.05, 4.69) is 4.98 Å². The van der Waals surface area contributed by atoms with Crippen LogP contribution in [0.3, 0.4) is 0 Å². The molecule has 0 bridgehead atoms. The quantitative estimate of drug-likeness (QED) is 0.769. The lowest BCUT2D eigenvalue weighted by molar-refractivity contribution is -0.142. The van der Waals surface area contributed by atoms with Crippen molar-refractivity contribution in [3.63, 3.8) is 0 Å². The van der Waals surface area contributed by atoms with Crippen LogP contribution in [-0.2, 0) is 22.5 Å². The Labute approximate surface area is 102 Å². The number of rotatable bonds is 5.